The second kappa shape index (κ2) is 6.46. The van der Waals surface area contributed by atoms with Gasteiger partial charge in [-0.2, -0.15) is 0 Å². The average molecular weight is 330 g/mol. The molecule has 1 aromatic heterocycles. The van der Waals surface area contributed by atoms with Gasteiger partial charge in [-0.25, -0.2) is 13.1 Å². The molecule has 0 spiro atoms. The molecule has 2 rings (SSSR count). The van der Waals surface area contributed by atoms with Gasteiger partial charge in [0.15, 0.2) is 5.82 Å². The largest absolute Gasteiger partial charge is 0.384 e. The molecule has 0 fully saturated rings. The van der Waals surface area contributed by atoms with Crippen molar-refractivity contribution in [3.05, 3.63) is 41.0 Å². The minimum atomic E-state index is -3.47. The Balaban J connectivity index is 2.24. The van der Waals surface area contributed by atoms with Gasteiger partial charge in [0.2, 0.25) is 10.0 Å². The molecule has 6 nitrogen and oxygen atoms in total. The van der Waals surface area contributed by atoms with Crippen LogP contribution < -0.4 is 4.72 Å². The lowest BCUT2D eigenvalue weighted by Gasteiger charge is -2.05. The van der Waals surface area contributed by atoms with Crippen LogP contribution in [-0.2, 0) is 14.8 Å². The molecule has 0 saturated heterocycles. The molecule has 0 aliphatic heterocycles. The lowest BCUT2D eigenvalue weighted by molar-refractivity contribution is 0.217. The fraction of sp³-hybridized carbons (Fsp3) is 0.308. The van der Waals surface area contributed by atoms with Crippen molar-refractivity contribution in [2.24, 2.45) is 0 Å². The molecule has 21 heavy (non-hydrogen) atoms. The number of rotatable bonds is 6. The first-order chi connectivity index (χ1) is 9.91. The summed E-state index contributed by atoms with van der Waals surface area (Å²) in [6.45, 7) is 1.96. The van der Waals surface area contributed by atoms with Gasteiger partial charge in [-0.15, -0.1) is 5.10 Å². The molecular weight excluding hydrogens is 314 g/mol. The molecule has 1 aromatic carbocycles. The van der Waals surface area contributed by atoms with Crippen LogP contribution in [0.3, 0.4) is 0 Å². The van der Waals surface area contributed by atoms with Crippen molar-refractivity contribution in [3.63, 3.8) is 0 Å². The van der Waals surface area contributed by atoms with E-state index in [-0.39, 0.29) is 18.2 Å². The van der Waals surface area contributed by atoms with Gasteiger partial charge in [0.05, 0.1) is 18.0 Å². The van der Waals surface area contributed by atoms with E-state index in [2.05, 4.69) is 9.82 Å². The number of nitrogens with zero attached hydrogens (tertiary/aromatic N) is 2. The highest BCUT2D eigenvalue weighted by Crippen LogP contribution is 2.19. The highest BCUT2D eigenvalue weighted by Gasteiger charge is 2.14. The van der Waals surface area contributed by atoms with Crippen LogP contribution in [0.5, 0.6) is 0 Å². The van der Waals surface area contributed by atoms with E-state index in [0.717, 1.165) is 11.4 Å². The van der Waals surface area contributed by atoms with E-state index in [1.165, 1.54) is 7.11 Å². The van der Waals surface area contributed by atoms with Crippen LogP contribution in [0.4, 0.5) is 5.82 Å². The molecule has 2 aromatic rings. The molecule has 1 heterocycles. The Labute approximate surface area is 128 Å². The van der Waals surface area contributed by atoms with Crippen molar-refractivity contribution in [2.45, 2.75) is 6.92 Å². The Kier molecular flexibility index (Phi) is 4.87. The Bertz CT molecular complexity index is 728. The van der Waals surface area contributed by atoms with E-state index in [9.17, 15) is 8.42 Å². The van der Waals surface area contributed by atoms with Crippen LogP contribution in [0.1, 0.15) is 5.69 Å². The summed E-state index contributed by atoms with van der Waals surface area (Å²) >= 11 is 5.95. The van der Waals surface area contributed by atoms with Crippen molar-refractivity contribution < 1.29 is 13.2 Å². The maximum Gasteiger partial charge on any atom is 0.236 e. The molecule has 0 aliphatic rings. The number of hydrogen-bond donors (Lipinski definition) is 1. The normalized spacial score (nSPS) is 11.6. The quantitative estimate of drug-likeness (QED) is 0.882. The smallest absolute Gasteiger partial charge is 0.236 e. The van der Waals surface area contributed by atoms with E-state index in [1.54, 1.807) is 28.9 Å². The lowest BCUT2D eigenvalue weighted by Crippen LogP contribution is -2.20. The number of hydrogen-bond acceptors (Lipinski definition) is 4. The minimum absolute atomic E-state index is 0.118. The Hall–Kier alpha value is -1.57. The van der Waals surface area contributed by atoms with Gasteiger partial charge in [0.25, 0.3) is 0 Å². The lowest BCUT2D eigenvalue weighted by atomic mass is 10.3. The molecule has 0 unspecified atom stereocenters. The van der Waals surface area contributed by atoms with E-state index in [4.69, 9.17) is 16.3 Å². The standard InChI is InChI=1S/C13H16ClN3O3S/c1-10-8-13(16-21(18,19)7-6-20-2)15-17(10)12-5-3-4-11(14)9-12/h3-5,8-9H,6-7H2,1-2H3,(H,15,16). The maximum absolute atomic E-state index is 11.8. The SMILES string of the molecule is COCCS(=O)(=O)Nc1cc(C)n(-c2cccc(Cl)c2)n1. The van der Waals surface area contributed by atoms with Crippen molar-refractivity contribution >= 4 is 27.4 Å². The predicted octanol–water partition coefficient (Wildman–Crippen LogP) is 2.22. The summed E-state index contributed by atoms with van der Waals surface area (Å²) in [5.41, 5.74) is 1.56. The van der Waals surface area contributed by atoms with Gasteiger partial charge in [0.1, 0.15) is 0 Å². The first-order valence-corrected chi connectivity index (χ1v) is 8.26. The monoisotopic (exact) mass is 329 g/mol. The highest BCUT2D eigenvalue weighted by atomic mass is 35.5. The molecular formula is C13H16ClN3O3S. The van der Waals surface area contributed by atoms with Gasteiger partial charge < -0.3 is 4.74 Å². The van der Waals surface area contributed by atoms with E-state index in [1.807, 2.05) is 13.0 Å². The fourth-order valence-electron chi connectivity index (χ4n) is 1.80. The van der Waals surface area contributed by atoms with Crippen molar-refractivity contribution in [1.29, 1.82) is 0 Å². The minimum Gasteiger partial charge on any atom is -0.384 e. The second-order valence-corrected chi connectivity index (χ2v) is 6.75. The number of nitrogens with one attached hydrogen (secondary N) is 1. The van der Waals surface area contributed by atoms with Gasteiger partial charge in [-0.3, -0.25) is 4.72 Å². The van der Waals surface area contributed by atoms with Gasteiger partial charge in [0, 0.05) is 23.9 Å². The fourth-order valence-corrected chi connectivity index (χ4v) is 2.89. The zero-order valence-electron chi connectivity index (χ0n) is 11.7. The molecule has 114 valence electrons. The zero-order valence-corrected chi connectivity index (χ0v) is 13.3. The summed E-state index contributed by atoms with van der Waals surface area (Å²) in [7, 11) is -2.02. The summed E-state index contributed by atoms with van der Waals surface area (Å²) in [6.07, 6.45) is 0. The van der Waals surface area contributed by atoms with Crippen molar-refractivity contribution in [1.82, 2.24) is 9.78 Å². The second-order valence-electron chi connectivity index (χ2n) is 4.48. The summed E-state index contributed by atoms with van der Waals surface area (Å²) in [5, 5.41) is 4.83. The number of ether oxygens (including phenoxy) is 1. The van der Waals surface area contributed by atoms with Gasteiger partial charge in [-0.1, -0.05) is 17.7 Å². The zero-order chi connectivity index (χ0) is 15.5. The van der Waals surface area contributed by atoms with E-state index >= 15 is 0 Å². The van der Waals surface area contributed by atoms with Crippen LogP contribution >= 0.6 is 11.6 Å². The Morgan fingerprint density at radius 3 is 2.81 bits per heavy atom. The average Bonchev–Trinajstić information content (AvgIpc) is 2.76. The number of aromatic nitrogens is 2. The molecule has 1 N–H and O–H groups in total. The van der Waals surface area contributed by atoms with Crippen LogP contribution in [0.25, 0.3) is 5.69 Å². The molecule has 0 saturated carbocycles. The molecule has 0 atom stereocenters. The maximum atomic E-state index is 11.8. The molecule has 0 aliphatic carbocycles. The topological polar surface area (TPSA) is 73.2 Å². The first-order valence-electron chi connectivity index (χ1n) is 6.23. The summed E-state index contributed by atoms with van der Waals surface area (Å²) in [6, 6.07) is 8.82. The van der Waals surface area contributed by atoms with Crippen LogP contribution in [0.15, 0.2) is 30.3 Å². The summed E-state index contributed by atoms with van der Waals surface area (Å²) < 4.78 is 32.4. The first kappa shape index (κ1) is 15.8. The van der Waals surface area contributed by atoms with E-state index < -0.39 is 10.0 Å². The van der Waals surface area contributed by atoms with Crippen molar-refractivity contribution in [2.75, 3.05) is 24.2 Å². The number of halogens is 1. The van der Waals surface area contributed by atoms with Crippen molar-refractivity contribution in [3.8, 4) is 5.69 Å². The number of aryl methyl sites for hydroxylation is 1. The molecule has 0 amide bonds. The Morgan fingerprint density at radius 1 is 1.38 bits per heavy atom. The van der Waals surface area contributed by atoms with Crippen LogP contribution in [0, 0.1) is 6.92 Å². The summed E-state index contributed by atoms with van der Waals surface area (Å²) in [5.74, 6) is 0.149. The molecule has 8 heteroatoms. The highest BCUT2D eigenvalue weighted by molar-refractivity contribution is 7.92. The number of anilines is 1. The van der Waals surface area contributed by atoms with Crippen LogP contribution in [-0.4, -0.2) is 37.7 Å². The number of sulfonamides is 1. The number of methoxy groups -OCH3 is 1. The number of benzene rings is 1. The van der Waals surface area contributed by atoms with Crippen LogP contribution in [0.2, 0.25) is 5.02 Å². The third kappa shape index (κ3) is 4.20. The Morgan fingerprint density at radius 2 is 2.14 bits per heavy atom. The van der Waals surface area contributed by atoms with Gasteiger partial charge in [-0.05, 0) is 25.1 Å². The van der Waals surface area contributed by atoms with E-state index in [0.29, 0.717) is 5.02 Å². The predicted molar refractivity (Wildman–Crippen MR) is 82.6 cm³/mol. The molecule has 0 bridgehead atoms. The van der Waals surface area contributed by atoms with Gasteiger partial charge >= 0.3 is 0 Å². The summed E-state index contributed by atoms with van der Waals surface area (Å²) in [4.78, 5) is 0. The molecule has 0 radical (unpaired) electrons. The third-order valence-electron chi connectivity index (χ3n) is 2.76. The third-order valence-corrected chi connectivity index (χ3v) is 4.22.